The Morgan fingerprint density at radius 2 is 2.57 bits per heavy atom. The van der Waals surface area contributed by atoms with Gasteiger partial charge in [0.15, 0.2) is 0 Å². The summed E-state index contributed by atoms with van der Waals surface area (Å²) in [5.74, 6) is 0. The first-order valence-corrected chi connectivity index (χ1v) is 2.92. The van der Waals surface area contributed by atoms with Crippen molar-refractivity contribution in [2.75, 3.05) is 0 Å². The lowest BCUT2D eigenvalue weighted by Gasteiger charge is -1.90. The van der Waals surface area contributed by atoms with Gasteiger partial charge in [0, 0.05) is 5.41 Å². The van der Waals surface area contributed by atoms with Crippen molar-refractivity contribution in [1.82, 2.24) is 0 Å². The van der Waals surface area contributed by atoms with Gasteiger partial charge in [-0.1, -0.05) is 5.16 Å². The molecule has 1 aliphatic rings. The van der Waals surface area contributed by atoms with E-state index in [0.717, 1.165) is 0 Å². The maximum atomic E-state index is 10.3. The van der Waals surface area contributed by atoms with Gasteiger partial charge in [0.2, 0.25) is 0 Å². The molecule has 38 valence electrons. The van der Waals surface area contributed by atoms with Gasteiger partial charge in [-0.15, -0.1) is 0 Å². The van der Waals surface area contributed by atoms with Gasteiger partial charge in [-0.05, 0) is 0 Å². The van der Waals surface area contributed by atoms with Crippen LogP contribution < -0.4 is 0 Å². The number of oxime groups is 1. The van der Waals surface area contributed by atoms with Gasteiger partial charge >= 0.3 is 0 Å². The lowest BCUT2D eigenvalue weighted by molar-refractivity contribution is 0.271. The standard InChI is InChI=1S/C3H3NO2S/c5-7-2-1-6-4-3-7/h1-3H. The highest BCUT2D eigenvalue weighted by atomic mass is 32.2. The Bertz CT molecular complexity index is 126. The molecule has 0 amide bonds. The van der Waals surface area contributed by atoms with Crippen molar-refractivity contribution >= 4 is 16.3 Å². The molecular formula is C3H3NO2S. The summed E-state index contributed by atoms with van der Waals surface area (Å²) in [6.07, 6.45) is 1.29. The summed E-state index contributed by atoms with van der Waals surface area (Å²) in [4.78, 5) is 4.34. The van der Waals surface area contributed by atoms with E-state index in [0.29, 0.717) is 0 Å². The van der Waals surface area contributed by atoms with Crippen LogP contribution in [0.15, 0.2) is 16.8 Å². The van der Waals surface area contributed by atoms with Crippen LogP contribution in [-0.2, 0) is 15.6 Å². The molecule has 1 unspecified atom stereocenters. The van der Waals surface area contributed by atoms with Gasteiger partial charge < -0.3 is 4.84 Å². The highest BCUT2D eigenvalue weighted by molar-refractivity contribution is 8.01. The van der Waals surface area contributed by atoms with E-state index in [1.54, 1.807) is 0 Å². The summed E-state index contributed by atoms with van der Waals surface area (Å²) in [5, 5.41) is 4.66. The molecule has 0 aromatic carbocycles. The topological polar surface area (TPSA) is 38.7 Å². The van der Waals surface area contributed by atoms with Crippen molar-refractivity contribution in [2.45, 2.75) is 0 Å². The molecule has 0 aromatic heterocycles. The van der Waals surface area contributed by atoms with E-state index >= 15 is 0 Å². The van der Waals surface area contributed by atoms with Gasteiger partial charge in [0.25, 0.3) is 0 Å². The van der Waals surface area contributed by atoms with Crippen LogP contribution in [0.5, 0.6) is 0 Å². The zero-order valence-corrected chi connectivity index (χ0v) is 4.22. The molecule has 0 saturated heterocycles. The molecular weight excluding hydrogens is 114 g/mol. The van der Waals surface area contributed by atoms with Crippen molar-refractivity contribution in [1.29, 1.82) is 0 Å². The minimum atomic E-state index is -1.04. The summed E-state index contributed by atoms with van der Waals surface area (Å²) < 4.78 is 10.3. The predicted molar refractivity (Wildman–Crippen MR) is 26.9 cm³/mol. The second-order valence-electron chi connectivity index (χ2n) is 0.917. The molecule has 7 heavy (non-hydrogen) atoms. The van der Waals surface area contributed by atoms with Gasteiger partial charge in [0.1, 0.15) is 11.8 Å². The Morgan fingerprint density at radius 3 is 2.86 bits per heavy atom. The summed E-state index contributed by atoms with van der Waals surface area (Å²) in [6.45, 7) is 0. The second-order valence-corrected chi connectivity index (χ2v) is 2.06. The van der Waals surface area contributed by atoms with Crippen molar-refractivity contribution < 1.29 is 9.05 Å². The number of hydrogen-bond donors (Lipinski definition) is 0. The minimum Gasteiger partial charge on any atom is -0.364 e. The molecule has 1 aliphatic heterocycles. The monoisotopic (exact) mass is 117 g/mol. The maximum absolute atomic E-state index is 10.3. The Hall–Kier alpha value is -0.640. The van der Waals surface area contributed by atoms with Gasteiger partial charge in [-0.2, -0.15) is 0 Å². The SMILES string of the molecule is O=S1C=CON=C1. The van der Waals surface area contributed by atoms with Crippen LogP contribution in [0.1, 0.15) is 0 Å². The molecule has 4 heteroatoms. The first kappa shape index (κ1) is 4.52. The minimum absolute atomic E-state index is 1.04. The number of rotatable bonds is 0. The average molecular weight is 117 g/mol. The van der Waals surface area contributed by atoms with E-state index in [4.69, 9.17) is 0 Å². The Morgan fingerprint density at radius 1 is 1.71 bits per heavy atom. The zero-order valence-electron chi connectivity index (χ0n) is 3.40. The molecule has 0 fully saturated rings. The normalized spacial score (nSPS) is 27.1. The summed E-state index contributed by atoms with van der Waals surface area (Å²) in [7, 11) is -1.04. The number of nitrogens with zero attached hydrogens (tertiary/aromatic N) is 1. The fraction of sp³-hybridized carbons (Fsp3) is 0. The molecule has 1 atom stereocenters. The average Bonchev–Trinajstić information content (AvgIpc) is 1.69. The van der Waals surface area contributed by atoms with Gasteiger partial charge in [-0.3, -0.25) is 0 Å². The Labute approximate surface area is 43.1 Å². The third kappa shape index (κ3) is 1.12. The van der Waals surface area contributed by atoms with Crippen LogP contribution in [0.2, 0.25) is 0 Å². The molecule has 0 bridgehead atoms. The summed E-state index contributed by atoms with van der Waals surface area (Å²) in [6, 6.07) is 0. The predicted octanol–water partition coefficient (Wildman–Crippen LogP) is 0.180. The third-order valence-electron chi connectivity index (χ3n) is 0.458. The van der Waals surface area contributed by atoms with Gasteiger partial charge in [-0.25, -0.2) is 4.21 Å². The molecule has 0 saturated carbocycles. The van der Waals surface area contributed by atoms with Crippen LogP contribution in [0.25, 0.3) is 0 Å². The molecule has 0 N–H and O–H groups in total. The Kier molecular flexibility index (Phi) is 1.21. The summed E-state index contributed by atoms with van der Waals surface area (Å²) in [5.41, 5.74) is 1.22. The molecule has 0 spiro atoms. The highest BCUT2D eigenvalue weighted by Crippen LogP contribution is 1.89. The smallest absolute Gasteiger partial charge is 0.135 e. The van der Waals surface area contributed by atoms with Crippen LogP contribution in [0.4, 0.5) is 0 Å². The van der Waals surface area contributed by atoms with Crippen molar-refractivity contribution in [3.8, 4) is 0 Å². The van der Waals surface area contributed by atoms with Crippen molar-refractivity contribution in [2.24, 2.45) is 5.16 Å². The lowest BCUT2D eigenvalue weighted by atomic mass is 11.2. The van der Waals surface area contributed by atoms with Crippen LogP contribution >= 0.6 is 0 Å². The highest BCUT2D eigenvalue weighted by Gasteiger charge is 1.89. The Balaban J connectivity index is 2.66. The fourth-order valence-electron chi connectivity index (χ4n) is 0.217. The van der Waals surface area contributed by atoms with Crippen LogP contribution in [0, 0.1) is 0 Å². The molecule has 3 nitrogen and oxygen atoms in total. The van der Waals surface area contributed by atoms with Crippen molar-refractivity contribution in [3.05, 3.63) is 11.7 Å². The first-order chi connectivity index (χ1) is 3.39. The van der Waals surface area contributed by atoms with Crippen molar-refractivity contribution in [3.63, 3.8) is 0 Å². The summed E-state index contributed by atoms with van der Waals surface area (Å²) >= 11 is 0. The van der Waals surface area contributed by atoms with Gasteiger partial charge in [0.05, 0.1) is 10.8 Å². The van der Waals surface area contributed by atoms with E-state index in [-0.39, 0.29) is 0 Å². The molecule has 1 heterocycles. The largest absolute Gasteiger partial charge is 0.364 e. The van der Waals surface area contributed by atoms with E-state index < -0.39 is 10.8 Å². The fourth-order valence-corrected chi connectivity index (χ4v) is 0.581. The molecule has 1 rings (SSSR count). The first-order valence-electron chi connectivity index (χ1n) is 1.65. The number of hydrogen-bond acceptors (Lipinski definition) is 3. The maximum Gasteiger partial charge on any atom is 0.135 e. The third-order valence-corrected chi connectivity index (χ3v) is 1.13. The van der Waals surface area contributed by atoms with E-state index in [2.05, 4.69) is 9.99 Å². The van der Waals surface area contributed by atoms with Crippen LogP contribution in [0.3, 0.4) is 0 Å². The molecule has 0 radical (unpaired) electrons. The lowest BCUT2D eigenvalue weighted by Crippen LogP contribution is -1.89. The molecule has 0 aromatic rings. The van der Waals surface area contributed by atoms with E-state index in [1.165, 1.54) is 17.2 Å². The van der Waals surface area contributed by atoms with E-state index in [9.17, 15) is 4.21 Å². The van der Waals surface area contributed by atoms with Crippen LogP contribution in [-0.4, -0.2) is 9.76 Å². The second kappa shape index (κ2) is 1.88. The van der Waals surface area contributed by atoms with E-state index in [1.807, 2.05) is 0 Å². The quantitative estimate of drug-likeness (QED) is 0.454. The molecule has 0 aliphatic carbocycles. The zero-order chi connectivity index (χ0) is 5.11.